The van der Waals surface area contributed by atoms with Gasteiger partial charge < -0.3 is 5.32 Å². The van der Waals surface area contributed by atoms with Crippen LogP contribution in [0.25, 0.3) is 0 Å². The quantitative estimate of drug-likeness (QED) is 0.788. The molecule has 1 saturated heterocycles. The van der Waals surface area contributed by atoms with Gasteiger partial charge in [-0.3, -0.25) is 4.79 Å². The Kier molecular flexibility index (Phi) is 2.46. The summed E-state index contributed by atoms with van der Waals surface area (Å²) in [6.45, 7) is 2.10. The summed E-state index contributed by atoms with van der Waals surface area (Å²) in [5.41, 5.74) is 2.69. The fraction of sp³-hybridized carbons (Fsp3) is 0.533. The summed E-state index contributed by atoms with van der Waals surface area (Å²) in [7, 11) is 0. The van der Waals surface area contributed by atoms with Crippen molar-refractivity contribution in [1.29, 1.82) is 0 Å². The van der Waals surface area contributed by atoms with Crippen LogP contribution in [0.15, 0.2) is 24.3 Å². The highest BCUT2D eigenvalue weighted by molar-refractivity contribution is 5.81. The Hall–Kier alpha value is -1.31. The standard InChI is InChI=1S/C15H19NO/c1-11-4-6-12(7-5-11)13-10-14(17)16-15(13)8-2-3-9-15/h4-7,13H,2-3,8-10H2,1H3,(H,16,17)/t13-/m1/s1. The summed E-state index contributed by atoms with van der Waals surface area (Å²) in [4.78, 5) is 11.7. The van der Waals surface area contributed by atoms with Gasteiger partial charge >= 0.3 is 0 Å². The van der Waals surface area contributed by atoms with Crippen molar-refractivity contribution in [1.82, 2.24) is 5.32 Å². The van der Waals surface area contributed by atoms with Crippen molar-refractivity contribution >= 4 is 5.91 Å². The van der Waals surface area contributed by atoms with Gasteiger partial charge in [0.15, 0.2) is 0 Å². The highest BCUT2D eigenvalue weighted by Crippen LogP contribution is 2.46. The molecule has 1 aromatic carbocycles. The van der Waals surface area contributed by atoms with Crippen LogP contribution >= 0.6 is 0 Å². The summed E-state index contributed by atoms with van der Waals surface area (Å²) in [6, 6.07) is 8.70. The Morgan fingerprint density at radius 1 is 1.18 bits per heavy atom. The van der Waals surface area contributed by atoms with Crippen molar-refractivity contribution in [2.45, 2.75) is 50.5 Å². The number of carbonyl (C=O) groups excluding carboxylic acids is 1. The van der Waals surface area contributed by atoms with Crippen LogP contribution in [0.4, 0.5) is 0 Å². The largest absolute Gasteiger partial charge is 0.350 e. The first-order chi connectivity index (χ1) is 8.20. The molecule has 1 aliphatic carbocycles. The molecule has 0 unspecified atom stereocenters. The minimum absolute atomic E-state index is 0.0757. The van der Waals surface area contributed by atoms with E-state index < -0.39 is 0 Å². The Morgan fingerprint density at radius 2 is 1.82 bits per heavy atom. The number of carbonyl (C=O) groups is 1. The van der Waals surface area contributed by atoms with Crippen molar-refractivity contribution in [3.8, 4) is 0 Å². The van der Waals surface area contributed by atoms with E-state index in [2.05, 4.69) is 36.5 Å². The van der Waals surface area contributed by atoms with Crippen LogP contribution in [0.2, 0.25) is 0 Å². The van der Waals surface area contributed by atoms with Crippen LogP contribution in [-0.4, -0.2) is 11.4 Å². The Morgan fingerprint density at radius 3 is 2.47 bits per heavy atom. The van der Waals surface area contributed by atoms with Gasteiger partial charge in [-0.2, -0.15) is 0 Å². The zero-order chi connectivity index (χ0) is 11.9. The Bertz CT molecular complexity index is 429. The third kappa shape index (κ3) is 1.76. The van der Waals surface area contributed by atoms with Crippen LogP contribution in [-0.2, 0) is 4.79 Å². The molecule has 1 amide bonds. The third-order valence-corrected chi connectivity index (χ3v) is 4.42. The zero-order valence-electron chi connectivity index (χ0n) is 10.3. The molecule has 2 fully saturated rings. The molecular formula is C15H19NO. The third-order valence-electron chi connectivity index (χ3n) is 4.42. The number of amides is 1. The van der Waals surface area contributed by atoms with Gasteiger partial charge in [-0.1, -0.05) is 42.7 Å². The average Bonchev–Trinajstić information content (AvgIpc) is 2.89. The second-order valence-corrected chi connectivity index (χ2v) is 5.58. The maximum atomic E-state index is 11.7. The topological polar surface area (TPSA) is 29.1 Å². The van der Waals surface area contributed by atoms with Crippen LogP contribution in [0.1, 0.15) is 49.1 Å². The van der Waals surface area contributed by atoms with Crippen molar-refractivity contribution in [3.05, 3.63) is 35.4 Å². The van der Waals surface area contributed by atoms with Crippen molar-refractivity contribution in [3.63, 3.8) is 0 Å². The molecule has 0 aromatic heterocycles. The van der Waals surface area contributed by atoms with Crippen LogP contribution in [0, 0.1) is 6.92 Å². The molecule has 2 aliphatic rings. The zero-order valence-corrected chi connectivity index (χ0v) is 10.3. The summed E-state index contributed by atoms with van der Waals surface area (Å²) in [6.07, 6.45) is 5.48. The second-order valence-electron chi connectivity index (χ2n) is 5.58. The lowest BCUT2D eigenvalue weighted by Crippen LogP contribution is -2.42. The Labute approximate surface area is 102 Å². The molecule has 0 bridgehead atoms. The molecule has 1 spiro atoms. The minimum atomic E-state index is 0.0757. The van der Waals surface area contributed by atoms with Gasteiger partial charge in [0.1, 0.15) is 0 Å². The maximum absolute atomic E-state index is 11.7. The number of aryl methyl sites for hydroxylation is 1. The molecule has 1 atom stereocenters. The van der Waals surface area contributed by atoms with Crippen LogP contribution in [0.5, 0.6) is 0 Å². The SMILES string of the molecule is Cc1ccc([C@H]2CC(=O)NC23CCCC3)cc1. The van der Waals surface area contributed by atoms with Gasteiger partial charge in [0, 0.05) is 17.9 Å². The molecule has 17 heavy (non-hydrogen) atoms. The molecule has 1 aliphatic heterocycles. The van der Waals surface area contributed by atoms with E-state index in [9.17, 15) is 4.79 Å². The molecule has 2 heteroatoms. The van der Waals surface area contributed by atoms with Gasteiger partial charge in [0.25, 0.3) is 0 Å². The number of hydrogen-bond acceptors (Lipinski definition) is 1. The number of rotatable bonds is 1. The van der Waals surface area contributed by atoms with E-state index in [1.165, 1.54) is 24.0 Å². The monoisotopic (exact) mass is 229 g/mol. The fourth-order valence-corrected chi connectivity index (χ4v) is 3.51. The lowest BCUT2D eigenvalue weighted by molar-refractivity contribution is -0.119. The first-order valence-electron chi connectivity index (χ1n) is 6.57. The molecule has 1 heterocycles. The fourth-order valence-electron chi connectivity index (χ4n) is 3.51. The van der Waals surface area contributed by atoms with E-state index >= 15 is 0 Å². The molecule has 1 saturated carbocycles. The van der Waals surface area contributed by atoms with E-state index in [1.807, 2.05) is 0 Å². The normalized spacial score (nSPS) is 26.4. The molecule has 1 aromatic rings. The molecule has 2 nitrogen and oxygen atoms in total. The summed E-state index contributed by atoms with van der Waals surface area (Å²) in [5.74, 6) is 0.621. The van der Waals surface area contributed by atoms with Crippen molar-refractivity contribution in [2.75, 3.05) is 0 Å². The maximum Gasteiger partial charge on any atom is 0.221 e. The van der Waals surface area contributed by atoms with Crippen molar-refractivity contribution < 1.29 is 4.79 Å². The predicted molar refractivity (Wildman–Crippen MR) is 67.9 cm³/mol. The van der Waals surface area contributed by atoms with Gasteiger partial charge in [-0.25, -0.2) is 0 Å². The minimum Gasteiger partial charge on any atom is -0.350 e. The van der Waals surface area contributed by atoms with Crippen molar-refractivity contribution in [2.24, 2.45) is 0 Å². The van der Waals surface area contributed by atoms with Gasteiger partial charge in [-0.05, 0) is 25.3 Å². The molecule has 90 valence electrons. The van der Waals surface area contributed by atoms with E-state index in [0.29, 0.717) is 12.3 Å². The van der Waals surface area contributed by atoms with E-state index in [-0.39, 0.29) is 11.4 Å². The summed E-state index contributed by atoms with van der Waals surface area (Å²) in [5, 5.41) is 3.25. The summed E-state index contributed by atoms with van der Waals surface area (Å²) < 4.78 is 0. The highest BCUT2D eigenvalue weighted by Gasteiger charge is 2.48. The van der Waals surface area contributed by atoms with E-state index in [4.69, 9.17) is 0 Å². The van der Waals surface area contributed by atoms with Gasteiger partial charge in [0.05, 0.1) is 0 Å². The molecular weight excluding hydrogens is 210 g/mol. The van der Waals surface area contributed by atoms with Gasteiger partial charge in [-0.15, -0.1) is 0 Å². The van der Waals surface area contributed by atoms with E-state index in [1.54, 1.807) is 0 Å². The first-order valence-corrected chi connectivity index (χ1v) is 6.57. The lowest BCUT2D eigenvalue weighted by Gasteiger charge is -2.31. The van der Waals surface area contributed by atoms with Crippen LogP contribution < -0.4 is 5.32 Å². The van der Waals surface area contributed by atoms with Gasteiger partial charge in [0.2, 0.25) is 5.91 Å². The second kappa shape index (κ2) is 3.86. The van der Waals surface area contributed by atoms with Crippen LogP contribution in [0.3, 0.4) is 0 Å². The number of hydrogen-bond donors (Lipinski definition) is 1. The average molecular weight is 229 g/mol. The predicted octanol–water partition coefficient (Wildman–Crippen LogP) is 2.91. The Balaban J connectivity index is 1.95. The van der Waals surface area contributed by atoms with E-state index in [0.717, 1.165) is 12.8 Å². The smallest absolute Gasteiger partial charge is 0.221 e. The highest BCUT2D eigenvalue weighted by atomic mass is 16.2. The molecule has 0 radical (unpaired) electrons. The molecule has 3 rings (SSSR count). The first kappa shape index (κ1) is 10.8. The number of benzene rings is 1. The number of nitrogens with one attached hydrogen (secondary N) is 1. The summed E-state index contributed by atoms with van der Waals surface area (Å²) >= 11 is 0. The lowest BCUT2D eigenvalue weighted by atomic mass is 9.79. The molecule has 1 N–H and O–H groups in total.